The highest BCUT2D eigenvalue weighted by Gasteiger charge is 2.18. The Kier molecular flexibility index (Phi) is 4.29. The molecule has 0 spiro atoms. The molecule has 2 aliphatic heterocycles. The molecule has 3 rings (SSSR count). The maximum absolute atomic E-state index is 6.53. The second kappa shape index (κ2) is 6.15. The van der Waals surface area contributed by atoms with E-state index in [2.05, 4.69) is 18.2 Å². The maximum atomic E-state index is 6.53. The molecule has 2 unspecified atom stereocenters. The van der Waals surface area contributed by atoms with Crippen molar-refractivity contribution < 1.29 is 9.47 Å². The minimum atomic E-state index is 0.0939. The molecule has 0 amide bonds. The molecule has 0 saturated carbocycles. The van der Waals surface area contributed by atoms with Crippen LogP contribution in [0.2, 0.25) is 0 Å². The molecule has 3 heteroatoms. The number of hydrogen-bond donors (Lipinski definition) is 0. The summed E-state index contributed by atoms with van der Waals surface area (Å²) in [5, 5.41) is 0.0939. The zero-order valence-corrected chi connectivity index (χ0v) is 12.0. The Morgan fingerprint density at radius 3 is 3.05 bits per heavy atom. The van der Waals surface area contributed by atoms with E-state index < -0.39 is 0 Å². The van der Waals surface area contributed by atoms with Gasteiger partial charge in [-0.2, -0.15) is 0 Å². The van der Waals surface area contributed by atoms with Crippen molar-refractivity contribution in [3.05, 3.63) is 29.3 Å². The van der Waals surface area contributed by atoms with Gasteiger partial charge in [-0.25, -0.2) is 0 Å². The zero-order chi connectivity index (χ0) is 13.1. The van der Waals surface area contributed by atoms with Crippen molar-refractivity contribution in [2.24, 2.45) is 0 Å². The highest BCUT2D eigenvalue weighted by atomic mass is 35.5. The molecule has 2 heterocycles. The van der Waals surface area contributed by atoms with Crippen molar-refractivity contribution >= 4 is 11.6 Å². The number of alkyl halides is 1. The summed E-state index contributed by atoms with van der Waals surface area (Å²) >= 11 is 6.53. The van der Waals surface area contributed by atoms with Crippen molar-refractivity contribution in [1.82, 2.24) is 0 Å². The lowest BCUT2D eigenvalue weighted by atomic mass is 9.99. The second-order valence-corrected chi connectivity index (χ2v) is 6.03. The van der Waals surface area contributed by atoms with Crippen molar-refractivity contribution in [2.45, 2.75) is 50.0 Å². The van der Waals surface area contributed by atoms with Crippen LogP contribution in [0.4, 0.5) is 0 Å². The van der Waals surface area contributed by atoms with Gasteiger partial charge in [-0.1, -0.05) is 12.1 Å². The van der Waals surface area contributed by atoms with Crippen molar-refractivity contribution in [3.63, 3.8) is 0 Å². The van der Waals surface area contributed by atoms with Crippen molar-refractivity contribution in [2.75, 3.05) is 13.2 Å². The topological polar surface area (TPSA) is 18.5 Å². The second-order valence-electron chi connectivity index (χ2n) is 5.50. The fourth-order valence-corrected chi connectivity index (χ4v) is 3.20. The van der Waals surface area contributed by atoms with Crippen LogP contribution in [0.3, 0.4) is 0 Å². The Balaban J connectivity index is 1.56. The van der Waals surface area contributed by atoms with Crippen LogP contribution in [0.25, 0.3) is 0 Å². The molecule has 1 aromatic carbocycles. The Labute approximate surface area is 120 Å². The van der Waals surface area contributed by atoms with Gasteiger partial charge in [-0.05, 0) is 49.3 Å². The van der Waals surface area contributed by atoms with Crippen LogP contribution in [0, 0.1) is 0 Å². The van der Waals surface area contributed by atoms with Gasteiger partial charge in [-0.15, -0.1) is 11.6 Å². The zero-order valence-electron chi connectivity index (χ0n) is 11.2. The van der Waals surface area contributed by atoms with E-state index in [4.69, 9.17) is 21.1 Å². The van der Waals surface area contributed by atoms with E-state index in [1.54, 1.807) is 0 Å². The number of halogens is 1. The Morgan fingerprint density at radius 2 is 2.21 bits per heavy atom. The van der Waals surface area contributed by atoms with E-state index in [-0.39, 0.29) is 5.38 Å². The lowest BCUT2D eigenvalue weighted by molar-refractivity contribution is 0.0100. The predicted octanol–water partition coefficient (Wildman–Crippen LogP) is 4.25. The normalized spacial score (nSPS) is 23.7. The molecule has 2 atom stereocenters. The minimum Gasteiger partial charge on any atom is -0.493 e. The van der Waals surface area contributed by atoms with Gasteiger partial charge in [0.1, 0.15) is 5.75 Å². The maximum Gasteiger partial charge on any atom is 0.122 e. The van der Waals surface area contributed by atoms with Crippen molar-refractivity contribution in [3.8, 4) is 5.75 Å². The third-order valence-electron chi connectivity index (χ3n) is 4.09. The van der Waals surface area contributed by atoms with Crippen LogP contribution >= 0.6 is 11.6 Å². The monoisotopic (exact) mass is 280 g/mol. The Bertz CT molecular complexity index is 427. The predicted molar refractivity (Wildman–Crippen MR) is 77.1 cm³/mol. The molecule has 2 aliphatic rings. The molecule has 0 aromatic heterocycles. The smallest absolute Gasteiger partial charge is 0.122 e. The lowest BCUT2D eigenvalue weighted by Gasteiger charge is -2.23. The van der Waals surface area contributed by atoms with Crippen LogP contribution in [0.15, 0.2) is 18.2 Å². The van der Waals surface area contributed by atoms with Gasteiger partial charge in [0.2, 0.25) is 0 Å². The summed E-state index contributed by atoms with van der Waals surface area (Å²) in [6.45, 7) is 1.73. The van der Waals surface area contributed by atoms with E-state index in [0.29, 0.717) is 6.10 Å². The molecule has 19 heavy (non-hydrogen) atoms. The number of ether oxygens (including phenoxy) is 2. The third-order valence-corrected chi connectivity index (χ3v) is 4.56. The van der Waals surface area contributed by atoms with Gasteiger partial charge in [0.15, 0.2) is 0 Å². The first-order chi connectivity index (χ1) is 9.33. The van der Waals surface area contributed by atoms with Crippen molar-refractivity contribution in [1.29, 1.82) is 0 Å². The Hall–Kier alpha value is -0.730. The first-order valence-electron chi connectivity index (χ1n) is 7.34. The molecule has 104 valence electrons. The highest BCUT2D eigenvalue weighted by Crippen LogP contribution is 2.33. The van der Waals surface area contributed by atoms with Gasteiger partial charge < -0.3 is 9.47 Å². The number of rotatable bonds is 4. The number of benzene rings is 1. The third kappa shape index (κ3) is 3.24. The van der Waals surface area contributed by atoms with E-state index in [1.807, 2.05) is 0 Å². The summed E-state index contributed by atoms with van der Waals surface area (Å²) in [6.07, 6.45) is 7.21. The number of fused-ring (bicyclic) bond motifs is 1. The van der Waals surface area contributed by atoms with Gasteiger partial charge >= 0.3 is 0 Å². The standard InChI is InChI=1S/C16H21ClO2/c17-15(6-5-14-3-1-2-9-18-14)12-4-7-16-13(11-12)8-10-19-16/h4,7,11,14-15H,1-3,5-6,8-10H2. The molecule has 0 bridgehead atoms. The quantitative estimate of drug-likeness (QED) is 0.768. The van der Waals surface area contributed by atoms with Gasteiger partial charge in [0, 0.05) is 13.0 Å². The largest absolute Gasteiger partial charge is 0.493 e. The summed E-state index contributed by atoms with van der Waals surface area (Å²) in [7, 11) is 0. The molecule has 1 aromatic rings. The highest BCUT2D eigenvalue weighted by molar-refractivity contribution is 6.20. The molecule has 0 N–H and O–H groups in total. The molecular weight excluding hydrogens is 260 g/mol. The molecule has 0 aliphatic carbocycles. The van der Waals surface area contributed by atoms with Gasteiger partial charge in [0.05, 0.1) is 18.1 Å². The molecule has 1 saturated heterocycles. The fraction of sp³-hybridized carbons (Fsp3) is 0.625. The fourth-order valence-electron chi connectivity index (χ4n) is 2.94. The first-order valence-corrected chi connectivity index (χ1v) is 7.78. The molecule has 1 fully saturated rings. The first kappa shape index (κ1) is 13.3. The van der Waals surface area contributed by atoms with E-state index in [1.165, 1.54) is 30.4 Å². The summed E-state index contributed by atoms with van der Waals surface area (Å²) in [4.78, 5) is 0. The average molecular weight is 281 g/mol. The lowest BCUT2D eigenvalue weighted by Crippen LogP contribution is -2.19. The summed E-state index contributed by atoms with van der Waals surface area (Å²) in [5.41, 5.74) is 2.53. The average Bonchev–Trinajstić information content (AvgIpc) is 2.93. The Morgan fingerprint density at radius 1 is 1.26 bits per heavy atom. The van der Waals surface area contributed by atoms with Gasteiger partial charge in [-0.3, -0.25) is 0 Å². The minimum absolute atomic E-state index is 0.0939. The van der Waals surface area contributed by atoms with E-state index >= 15 is 0 Å². The summed E-state index contributed by atoms with van der Waals surface area (Å²) in [5.74, 6) is 1.03. The van der Waals surface area contributed by atoms with Crippen LogP contribution in [-0.2, 0) is 11.2 Å². The van der Waals surface area contributed by atoms with E-state index in [9.17, 15) is 0 Å². The number of hydrogen-bond acceptors (Lipinski definition) is 2. The summed E-state index contributed by atoms with van der Waals surface area (Å²) in [6, 6.07) is 6.37. The molecule has 2 nitrogen and oxygen atoms in total. The van der Waals surface area contributed by atoms with Gasteiger partial charge in [0.25, 0.3) is 0 Å². The summed E-state index contributed by atoms with van der Waals surface area (Å²) < 4.78 is 11.3. The van der Waals surface area contributed by atoms with Crippen LogP contribution in [0.5, 0.6) is 5.75 Å². The molecule has 0 radical (unpaired) electrons. The van der Waals surface area contributed by atoms with Crippen LogP contribution in [0.1, 0.15) is 48.6 Å². The van der Waals surface area contributed by atoms with Crippen LogP contribution < -0.4 is 4.74 Å². The molecular formula is C16H21ClO2. The van der Waals surface area contributed by atoms with E-state index in [0.717, 1.165) is 38.2 Å². The SMILES string of the molecule is ClC(CCC1CCCCO1)c1ccc2c(c1)CCO2. The van der Waals surface area contributed by atoms with Crippen LogP contribution in [-0.4, -0.2) is 19.3 Å².